The topological polar surface area (TPSA) is 123 Å². The van der Waals surface area contributed by atoms with Gasteiger partial charge in [0.2, 0.25) is 11.7 Å². The van der Waals surface area contributed by atoms with E-state index in [1.807, 2.05) is 70.3 Å². The highest BCUT2D eigenvalue weighted by molar-refractivity contribution is 5.84. The maximum Gasteiger partial charge on any atom is 0.260 e. The van der Waals surface area contributed by atoms with Gasteiger partial charge in [-0.05, 0) is 48.2 Å². The molecule has 3 heterocycles. The van der Waals surface area contributed by atoms with E-state index < -0.39 is 11.8 Å². The first kappa shape index (κ1) is 31.6. The van der Waals surface area contributed by atoms with Gasteiger partial charge in [0.1, 0.15) is 11.8 Å². The number of ether oxygens (including phenoxy) is 3. The summed E-state index contributed by atoms with van der Waals surface area (Å²) in [7, 11) is 3.19. The molecule has 12 nitrogen and oxygen atoms in total. The molecule has 3 aromatic rings. The van der Waals surface area contributed by atoms with Crippen molar-refractivity contribution in [1.29, 1.82) is 0 Å². The van der Waals surface area contributed by atoms with E-state index in [0.29, 0.717) is 43.3 Å². The average molecular weight is 616 g/mol. The Morgan fingerprint density at radius 2 is 1.89 bits per heavy atom. The molecule has 238 valence electrons. The number of para-hydroxylation sites is 1. The lowest BCUT2D eigenvalue weighted by Crippen LogP contribution is -2.67. The Morgan fingerprint density at radius 3 is 2.60 bits per heavy atom. The van der Waals surface area contributed by atoms with Gasteiger partial charge >= 0.3 is 0 Å². The molecule has 2 aliphatic rings. The number of carbonyl (C=O) groups is 2. The van der Waals surface area contributed by atoms with Crippen LogP contribution in [-0.4, -0.2) is 90.6 Å². The van der Waals surface area contributed by atoms with Crippen molar-refractivity contribution >= 4 is 18.2 Å². The highest BCUT2D eigenvalue weighted by Gasteiger charge is 2.47. The molecule has 1 aromatic heterocycles. The number of piperazine rings is 1. The van der Waals surface area contributed by atoms with Gasteiger partial charge in [-0.1, -0.05) is 38.1 Å². The molecule has 1 fully saturated rings. The van der Waals surface area contributed by atoms with Gasteiger partial charge < -0.3 is 29.7 Å². The van der Waals surface area contributed by atoms with E-state index in [-0.39, 0.29) is 30.9 Å². The van der Waals surface area contributed by atoms with Gasteiger partial charge in [0.15, 0.2) is 18.1 Å². The normalized spacial score (nSPS) is 19.9. The Kier molecular flexibility index (Phi) is 10.0. The first-order valence-electron chi connectivity index (χ1n) is 15.1. The number of nitrogens with zero attached hydrogens (tertiary/aromatic N) is 5. The van der Waals surface area contributed by atoms with Crippen molar-refractivity contribution in [3.63, 3.8) is 0 Å². The second kappa shape index (κ2) is 14.3. The number of allylic oxidation sites excluding steroid dienone is 1. The summed E-state index contributed by atoms with van der Waals surface area (Å²) in [6.45, 7) is 5.42. The number of nitrogens with one attached hydrogen (secondary N) is 2. The number of hydrogen-bond donors (Lipinski definition) is 2. The van der Waals surface area contributed by atoms with Gasteiger partial charge in [-0.2, -0.15) is 0 Å². The smallest absolute Gasteiger partial charge is 0.260 e. The predicted molar refractivity (Wildman–Crippen MR) is 170 cm³/mol. The predicted octanol–water partition coefficient (Wildman–Crippen LogP) is 2.63. The Morgan fingerprint density at radius 1 is 1.09 bits per heavy atom. The van der Waals surface area contributed by atoms with Crippen LogP contribution in [0.25, 0.3) is 0 Å². The standard InChI is InChI=1S/C33H41N7O5/c1-24(2)27-19-33(37-22-36-27,39-15-14-34-23-39)40-17-16-38(31(41)21-45-26-8-6-5-7-9-26)20-28(40)32(42)35-13-12-25-10-11-29(43-3)30(18-25)44-4/h5-11,14-15,18-19,22-24,28H,12-13,16-17,20-21H2,1-4H3,(H,35,42)(H,36,37). The maximum absolute atomic E-state index is 14.1. The number of rotatable bonds is 12. The fourth-order valence-electron chi connectivity index (χ4n) is 5.59. The lowest BCUT2D eigenvalue weighted by molar-refractivity contribution is -0.144. The summed E-state index contributed by atoms with van der Waals surface area (Å²) in [5, 5.41) is 6.37. The van der Waals surface area contributed by atoms with Gasteiger partial charge in [-0.15, -0.1) is 0 Å². The van der Waals surface area contributed by atoms with Crippen molar-refractivity contribution < 1.29 is 23.8 Å². The van der Waals surface area contributed by atoms with E-state index in [1.54, 1.807) is 38.0 Å². The van der Waals surface area contributed by atoms with E-state index >= 15 is 0 Å². The Bertz CT molecular complexity index is 1510. The largest absolute Gasteiger partial charge is 0.493 e. The number of methoxy groups -OCH3 is 2. The molecule has 1 saturated heterocycles. The van der Waals surface area contributed by atoms with Crippen LogP contribution in [0.4, 0.5) is 0 Å². The Labute approximate surface area is 263 Å². The summed E-state index contributed by atoms with van der Waals surface area (Å²) in [4.78, 5) is 40.3. The van der Waals surface area contributed by atoms with E-state index in [9.17, 15) is 9.59 Å². The van der Waals surface area contributed by atoms with Gasteiger partial charge in [-0.3, -0.25) is 14.2 Å². The van der Waals surface area contributed by atoms with Gasteiger partial charge in [0.25, 0.3) is 5.91 Å². The zero-order valence-corrected chi connectivity index (χ0v) is 26.2. The molecule has 2 aromatic carbocycles. The van der Waals surface area contributed by atoms with Gasteiger partial charge in [-0.25, -0.2) is 14.9 Å². The summed E-state index contributed by atoms with van der Waals surface area (Å²) in [5.41, 5.74) is 1.96. The van der Waals surface area contributed by atoms with Gasteiger partial charge in [0.05, 0.1) is 26.9 Å². The summed E-state index contributed by atoms with van der Waals surface area (Å²) >= 11 is 0. The van der Waals surface area contributed by atoms with Crippen molar-refractivity contribution in [2.24, 2.45) is 10.9 Å². The fraction of sp³-hybridized carbons (Fsp3) is 0.394. The zero-order valence-electron chi connectivity index (χ0n) is 26.2. The average Bonchev–Trinajstić information content (AvgIpc) is 3.63. The number of aliphatic imine (C=N–C) groups is 1. The molecule has 0 spiro atoms. The SMILES string of the molecule is COc1ccc(CCNC(=O)C2CN(C(=O)COc3ccccc3)CCN2C2(n3ccnc3)C=C(C(C)C)NC=N2)cc1OC. The van der Waals surface area contributed by atoms with Crippen LogP contribution in [0.2, 0.25) is 0 Å². The monoisotopic (exact) mass is 615 g/mol. The quantitative estimate of drug-likeness (QED) is 0.319. The molecule has 2 aliphatic heterocycles. The summed E-state index contributed by atoms with van der Waals surface area (Å²) < 4.78 is 18.4. The van der Waals surface area contributed by atoms with Crippen LogP contribution < -0.4 is 24.8 Å². The maximum atomic E-state index is 14.1. The number of hydrogen-bond acceptors (Lipinski definition) is 9. The third kappa shape index (κ3) is 7.12. The van der Waals surface area contributed by atoms with E-state index in [0.717, 1.165) is 11.3 Å². The Hall–Kier alpha value is -4.84. The molecule has 5 rings (SSSR count). The fourth-order valence-corrected chi connectivity index (χ4v) is 5.59. The molecule has 12 heteroatoms. The minimum Gasteiger partial charge on any atom is -0.493 e. The van der Waals surface area contributed by atoms with Crippen molar-refractivity contribution in [3.8, 4) is 17.2 Å². The molecule has 0 radical (unpaired) electrons. The molecule has 0 bridgehead atoms. The van der Waals surface area contributed by atoms with Crippen LogP contribution in [0, 0.1) is 5.92 Å². The summed E-state index contributed by atoms with van der Waals surface area (Å²) in [6.07, 6.45) is 9.54. The second-order valence-corrected chi connectivity index (χ2v) is 11.2. The second-order valence-electron chi connectivity index (χ2n) is 11.2. The molecule has 2 N–H and O–H groups in total. The van der Waals surface area contributed by atoms with E-state index in [4.69, 9.17) is 19.2 Å². The van der Waals surface area contributed by atoms with Crippen molar-refractivity contribution in [2.45, 2.75) is 32.1 Å². The minimum atomic E-state index is -1.05. The van der Waals surface area contributed by atoms with Crippen LogP contribution in [0.3, 0.4) is 0 Å². The number of imidazole rings is 1. The van der Waals surface area contributed by atoms with E-state index in [2.05, 4.69) is 29.5 Å². The third-order valence-corrected chi connectivity index (χ3v) is 8.07. The lowest BCUT2D eigenvalue weighted by Gasteiger charge is -2.49. The van der Waals surface area contributed by atoms with E-state index in [1.165, 1.54) is 0 Å². The summed E-state index contributed by atoms with van der Waals surface area (Å²) in [5.74, 6) is 0.628. The molecule has 2 unspecified atom stereocenters. The Balaban J connectivity index is 1.38. The highest BCUT2D eigenvalue weighted by Crippen LogP contribution is 2.34. The third-order valence-electron chi connectivity index (χ3n) is 8.07. The van der Waals surface area contributed by atoms with Crippen LogP contribution >= 0.6 is 0 Å². The molecule has 0 aliphatic carbocycles. The van der Waals surface area contributed by atoms with Crippen LogP contribution in [-0.2, 0) is 21.8 Å². The summed E-state index contributed by atoms with van der Waals surface area (Å²) in [6, 6.07) is 14.2. The van der Waals surface area contributed by atoms with Crippen molar-refractivity contribution in [3.05, 3.63) is 84.6 Å². The highest BCUT2D eigenvalue weighted by atomic mass is 16.5. The lowest BCUT2D eigenvalue weighted by atomic mass is 10.0. The minimum absolute atomic E-state index is 0.121. The van der Waals surface area contributed by atoms with Crippen LogP contribution in [0.5, 0.6) is 17.2 Å². The van der Waals surface area contributed by atoms with Gasteiger partial charge in [0, 0.05) is 44.3 Å². The number of benzene rings is 2. The first-order chi connectivity index (χ1) is 21.8. The van der Waals surface area contributed by atoms with Crippen molar-refractivity contribution in [2.75, 3.05) is 47.0 Å². The van der Waals surface area contributed by atoms with Crippen LogP contribution in [0.1, 0.15) is 19.4 Å². The number of amides is 2. The molecular weight excluding hydrogens is 574 g/mol. The number of aromatic nitrogens is 2. The van der Waals surface area contributed by atoms with Crippen LogP contribution in [0.15, 0.2) is 84.0 Å². The van der Waals surface area contributed by atoms with Crippen molar-refractivity contribution in [1.82, 2.24) is 30.0 Å². The zero-order chi connectivity index (χ0) is 31.8. The molecule has 0 saturated carbocycles. The molecule has 2 amide bonds. The molecule has 45 heavy (non-hydrogen) atoms. The number of carbonyl (C=O) groups excluding carboxylic acids is 2. The molecular formula is C33H41N7O5. The molecule has 2 atom stereocenters. The first-order valence-corrected chi connectivity index (χ1v) is 15.1.